The third kappa shape index (κ3) is 2.88. The van der Waals surface area contributed by atoms with Crippen molar-refractivity contribution in [3.8, 4) is 5.75 Å². The minimum Gasteiger partial charge on any atom is -0.497 e. The van der Waals surface area contributed by atoms with Crippen LogP contribution >= 0.6 is 12.4 Å². The molecule has 2 N–H and O–H groups in total. The second-order valence-electron chi connectivity index (χ2n) is 5.60. The molecule has 0 radical (unpaired) electrons. The van der Waals surface area contributed by atoms with E-state index in [-0.39, 0.29) is 24.2 Å². The summed E-state index contributed by atoms with van der Waals surface area (Å²) in [5.74, 6) is 0.104. The Kier molecular flexibility index (Phi) is 5.26. The molecule has 1 aliphatic rings. The maximum absolute atomic E-state index is 12.7. The first-order chi connectivity index (χ1) is 11.0. The van der Waals surface area contributed by atoms with E-state index in [9.17, 15) is 9.59 Å². The molecule has 126 valence electrons. The van der Waals surface area contributed by atoms with Crippen LogP contribution in [0, 0.1) is 0 Å². The van der Waals surface area contributed by atoms with E-state index in [1.807, 2.05) is 12.1 Å². The van der Waals surface area contributed by atoms with Crippen LogP contribution in [0.15, 0.2) is 48.5 Å². The van der Waals surface area contributed by atoms with Gasteiger partial charge in [-0.3, -0.25) is 14.5 Å². The molecule has 0 spiro atoms. The highest BCUT2D eigenvalue weighted by Gasteiger charge is 2.41. The van der Waals surface area contributed by atoms with Crippen molar-refractivity contribution in [2.75, 3.05) is 7.11 Å². The second kappa shape index (κ2) is 7.03. The zero-order chi connectivity index (χ0) is 16.6. The van der Waals surface area contributed by atoms with Crippen LogP contribution in [-0.2, 0) is 0 Å². The van der Waals surface area contributed by atoms with Crippen LogP contribution in [-0.4, -0.2) is 29.9 Å². The third-order valence-corrected chi connectivity index (χ3v) is 4.06. The van der Waals surface area contributed by atoms with Gasteiger partial charge in [0.2, 0.25) is 0 Å². The van der Waals surface area contributed by atoms with Gasteiger partial charge in [-0.15, -0.1) is 12.4 Å². The first-order valence-electron chi connectivity index (χ1n) is 7.41. The summed E-state index contributed by atoms with van der Waals surface area (Å²) in [5, 5.41) is 0. The lowest BCUT2D eigenvalue weighted by Crippen LogP contribution is -2.42. The van der Waals surface area contributed by atoms with Crippen LogP contribution in [0.3, 0.4) is 0 Å². The van der Waals surface area contributed by atoms with E-state index in [0.29, 0.717) is 16.9 Å². The molecule has 2 amide bonds. The fourth-order valence-electron chi connectivity index (χ4n) is 2.95. The number of imide groups is 1. The number of benzene rings is 2. The Balaban J connectivity index is 0.00000208. The first kappa shape index (κ1) is 18.0. The minimum absolute atomic E-state index is 0. The number of carbonyl (C=O) groups excluding carboxylic acids is 2. The van der Waals surface area contributed by atoms with Gasteiger partial charge in [-0.2, -0.15) is 0 Å². The van der Waals surface area contributed by atoms with Crippen molar-refractivity contribution < 1.29 is 14.3 Å². The second-order valence-corrected chi connectivity index (χ2v) is 5.60. The van der Waals surface area contributed by atoms with Crippen molar-refractivity contribution in [2.45, 2.75) is 19.0 Å². The van der Waals surface area contributed by atoms with Crippen LogP contribution in [0.2, 0.25) is 0 Å². The number of halogens is 1. The predicted octanol–water partition coefficient (Wildman–Crippen LogP) is 2.80. The number of carbonyl (C=O) groups is 2. The van der Waals surface area contributed by atoms with Crippen LogP contribution in [0.25, 0.3) is 0 Å². The third-order valence-electron chi connectivity index (χ3n) is 4.06. The molecule has 0 saturated carbocycles. The highest BCUT2D eigenvalue weighted by Crippen LogP contribution is 2.33. The summed E-state index contributed by atoms with van der Waals surface area (Å²) < 4.78 is 5.15. The van der Waals surface area contributed by atoms with E-state index < -0.39 is 12.1 Å². The molecule has 2 atom stereocenters. The molecule has 5 nitrogen and oxygen atoms in total. The Bertz CT molecular complexity index is 724. The zero-order valence-corrected chi connectivity index (χ0v) is 14.2. The number of fused-ring (bicyclic) bond motifs is 1. The van der Waals surface area contributed by atoms with Crippen molar-refractivity contribution in [2.24, 2.45) is 5.73 Å². The number of nitrogens with two attached hydrogens (primary N) is 1. The topological polar surface area (TPSA) is 72.6 Å². The van der Waals surface area contributed by atoms with Gasteiger partial charge >= 0.3 is 0 Å². The molecule has 3 rings (SSSR count). The van der Waals surface area contributed by atoms with Gasteiger partial charge in [0.25, 0.3) is 11.8 Å². The molecule has 0 saturated heterocycles. The van der Waals surface area contributed by atoms with Gasteiger partial charge in [0.05, 0.1) is 24.3 Å². The molecular formula is C18H19ClN2O3. The van der Waals surface area contributed by atoms with Crippen LogP contribution < -0.4 is 10.5 Å². The van der Waals surface area contributed by atoms with E-state index in [4.69, 9.17) is 10.5 Å². The largest absolute Gasteiger partial charge is 0.497 e. The summed E-state index contributed by atoms with van der Waals surface area (Å²) in [5.41, 5.74) is 7.76. The Morgan fingerprint density at radius 3 is 1.88 bits per heavy atom. The number of rotatable bonds is 4. The molecule has 0 bridgehead atoms. The van der Waals surface area contributed by atoms with Gasteiger partial charge in [0.1, 0.15) is 5.75 Å². The lowest BCUT2D eigenvalue weighted by Gasteiger charge is -2.29. The maximum atomic E-state index is 12.7. The lowest BCUT2D eigenvalue weighted by atomic mass is 9.99. The highest BCUT2D eigenvalue weighted by molar-refractivity contribution is 6.21. The number of hydrogen-bond acceptors (Lipinski definition) is 4. The van der Waals surface area contributed by atoms with E-state index in [0.717, 1.165) is 5.56 Å². The molecule has 2 aromatic rings. The smallest absolute Gasteiger partial charge is 0.262 e. The fourth-order valence-corrected chi connectivity index (χ4v) is 2.95. The zero-order valence-electron chi connectivity index (χ0n) is 13.4. The van der Waals surface area contributed by atoms with Crippen molar-refractivity contribution in [3.05, 3.63) is 65.2 Å². The summed E-state index contributed by atoms with van der Waals surface area (Å²) in [4.78, 5) is 26.6. The average molecular weight is 347 g/mol. The Morgan fingerprint density at radius 2 is 1.46 bits per heavy atom. The first-order valence-corrected chi connectivity index (χ1v) is 7.41. The van der Waals surface area contributed by atoms with Gasteiger partial charge in [0.15, 0.2) is 0 Å². The summed E-state index contributed by atoms with van der Waals surface area (Å²) in [6, 6.07) is 13.2. The number of methoxy groups -OCH3 is 1. The van der Waals surface area contributed by atoms with Crippen molar-refractivity contribution >= 4 is 24.2 Å². The Morgan fingerprint density at radius 1 is 0.958 bits per heavy atom. The highest BCUT2D eigenvalue weighted by atomic mass is 35.5. The fraction of sp³-hybridized carbons (Fsp3) is 0.222. The quantitative estimate of drug-likeness (QED) is 0.864. The van der Waals surface area contributed by atoms with Crippen molar-refractivity contribution in [1.82, 2.24) is 4.90 Å². The molecule has 6 heteroatoms. The van der Waals surface area contributed by atoms with E-state index in [1.165, 1.54) is 4.90 Å². The Hall–Kier alpha value is -2.37. The predicted molar refractivity (Wildman–Crippen MR) is 93.6 cm³/mol. The Labute approximate surface area is 146 Å². The maximum Gasteiger partial charge on any atom is 0.262 e. The molecule has 0 aliphatic carbocycles. The summed E-state index contributed by atoms with van der Waals surface area (Å²) in [6.45, 7) is 1.79. The van der Waals surface area contributed by atoms with Gasteiger partial charge in [-0.25, -0.2) is 0 Å². The SMILES string of the molecule is COc1ccc(C([C@@H](C)N)N2C(=O)c3ccccc3C2=O)cc1.Cl. The number of ether oxygens (including phenoxy) is 1. The molecule has 2 aromatic carbocycles. The molecule has 24 heavy (non-hydrogen) atoms. The lowest BCUT2D eigenvalue weighted by molar-refractivity contribution is 0.0562. The minimum atomic E-state index is -0.520. The number of nitrogens with zero attached hydrogens (tertiary/aromatic N) is 1. The normalized spacial score (nSPS) is 15.5. The van der Waals surface area contributed by atoms with Crippen molar-refractivity contribution in [3.63, 3.8) is 0 Å². The van der Waals surface area contributed by atoms with Gasteiger partial charge < -0.3 is 10.5 Å². The summed E-state index contributed by atoms with van der Waals surface area (Å²) >= 11 is 0. The molecule has 1 aliphatic heterocycles. The van der Waals surface area contributed by atoms with E-state index in [2.05, 4.69) is 0 Å². The van der Waals surface area contributed by atoms with E-state index >= 15 is 0 Å². The van der Waals surface area contributed by atoms with Crippen LogP contribution in [0.4, 0.5) is 0 Å². The van der Waals surface area contributed by atoms with Crippen LogP contribution in [0.5, 0.6) is 5.75 Å². The molecule has 1 unspecified atom stereocenters. The molecule has 0 fully saturated rings. The average Bonchev–Trinajstić information content (AvgIpc) is 2.81. The molecular weight excluding hydrogens is 328 g/mol. The van der Waals surface area contributed by atoms with Gasteiger partial charge in [0, 0.05) is 6.04 Å². The standard InChI is InChI=1S/C18H18N2O3.ClH/c1-11(19)16(12-7-9-13(23-2)10-8-12)20-17(21)14-5-3-4-6-15(14)18(20)22;/h3-11,16H,19H2,1-2H3;1H/t11-,16?;/m1./s1. The molecule has 1 heterocycles. The number of hydrogen-bond donors (Lipinski definition) is 1. The van der Waals surface area contributed by atoms with Crippen molar-refractivity contribution in [1.29, 1.82) is 0 Å². The summed E-state index contributed by atoms with van der Waals surface area (Å²) in [6.07, 6.45) is 0. The number of amides is 2. The monoisotopic (exact) mass is 346 g/mol. The van der Waals surface area contributed by atoms with Crippen LogP contribution in [0.1, 0.15) is 39.2 Å². The summed E-state index contributed by atoms with van der Waals surface area (Å²) in [7, 11) is 1.59. The van der Waals surface area contributed by atoms with Gasteiger partial charge in [-0.05, 0) is 36.8 Å². The molecule has 0 aromatic heterocycles. The van der Waals surface area contributed by atoms with E-state index in [1.54, 1.807) is 50.4 Å². The van der Waals surface area contributed by atoms with Gasteiger partial charge in [-0.1, -0.05) is 24.3 Å².